The van der Waals surface area contributed by atoms with Crippen LogP contribution in [0.4, 0.5) is 0 Å². The first-order valence-corrected chi connectivity index (χ1v) is 9.65. The Morgan fingerprint density at radius 2 is 1.80 bits per heavy atom. The van der Waals surface area contributed by atoms with Gasteiger partial charge in [0.05, 0.1) is 22.5 Å². The van der Waals surface area contributed by atoms with E-state index in [0.29, 0.717) is 10.8 Å². The fourth-order valence-corrected chi connectivity index (χ4v) is 3.57. The molecule has 0 bridgehead atoms. The van der Waals surface area contributed by atoms with Gasteiger partial charge in [-0.2, -0.15) is 10.2 Å². The van der Waals surface area contributed by atoms with E-state index in [-0.39, 0.29) is 22.9 Å². The monoisotopic (exact) mass is 407 g/mol. The first-order valence-electron chi connectivity index (χ1n) is 9.65. The number of H-pyrrole nitrogens is 1. The third-order valence-corrected chi connectivity index (χ3v) is 5.32. The number of hydrogen-bond donors (Lipinski definition) is 1. The second-order valence-corrected chi connectivity index (χ2v) is 7.24. The van der Waals surface area contributed by atoms with E-state index in [4.69, 9.17) is 4.84 Å². The molecule has 0 fully saturated rings. The Bertz CT molecular complexity index is 1140. The molecule has 2 aromatic heterocycles. The summed E-state index contributed by atoms with van der Waals surface area (Å²) in [5.41, 5.74) is 3.51. The molecule has 1 N–H and O–H groups in total. The number of hydrogen-bond acceptors (Lipinski definition) is 6. The molecule has 2 amide bonds. The van der Waals surface area contributed by atoms with Crippen LogP contribution in [0.5, 0.6) is 0 Å². The summed E-state index contributed by atoms with van der Waals surface area (Å²) in [4.78, 5) is 42.4. The molecule has 154 valence electrons. The summed E-state index contributed by atoms with van der Waals surface area (Å²) < 4.78 is 1.94. The smallest absolute Gasteiger partial charge is 0.323 e. The van der Waals surface area contributed by atoms with Crippen LogP contribution >= 0.6 is 0 Å². The van der Waals surface area contributed by atoms with E-state index in [2.05, 4.69) is 29.1 Å². The maximum absolute atomic E-state index is 12.6. The van der Waals surface area contributed by atoms with Crippen molar-refractivity contribution in [1.82, 2.24) is 25.0 Å². The van der Waals surface area contributed by atoms with E-state index >= 15 is 0 Å². The van der Waals surface area contributed by atoms with Crippen LogP contribution in [0.25, 0.3) is 11.3 Å². The summed E-state index contributed by atoms with van der Waals surface area (Å²) in [6.07, 6.45) is 0.930. The van der Waals surface area contributed by atoms with E-state index < -0.39 is 17.8 Å². The van der Waals surface area contributed by atoms with Crippen LogP contribution in [0.2, 0.25) is 0 Å². The third kappa shape index (κ3) is 2.99. The molecule has 0 saturated heterocycles. The molecule has 0 aliphatic carbocycles. The van der Waals surface area contributed by atoms with Crippen LogP contribution in [0.1, 0.15) is 68.9 Å². The number of amides is 2. The number of carbonyl (C=O) groups excluding carboxylic acids is 3. The highest BCUT2D eigenvalue weighted by atomic mass is 16.7. The Morgan fingerprint density at radius 1 is 1.17 bits per heavy atom. The van der Waals surface area contributed by atoms with Crippen LogP contribution in [0, 0.1) is 13.8 Å². The van der Waals surface area contributed by atoms with Crippen molar-refractivity contribution in [3.8, 4) is 11.3 Å². The molecular weight excluding hydrogens is 386 g/mol. The maximum Gasteiger partial charge on any atom is 0.381 e. The van der Waals surface area contributed by atoms with Crippen LogP contribution in [0.15, 0.2) is 30.3 Å². The molecule has 3 heterocycles. The van der Waals surface area contributed by atoms with Gasteiger partial charge in [0.2, 0.25) is 0 Å². The van der Waals surface area contributed by atoms with Crippen molar-refractivity contribution in [2.24, 2.45) is 0 Å². The fraction of sp³-hybridized carbons (Fsp3) is 0.286. The van der Waals surface area contributed by atoms with Gasteiger partial charge < -0.3 is 4.84 Å². The predicted octanol–water partition coefficient (Wildman–Crippen LogP) is 3.23. The number of carbonyl (C=O) groups is 3. The number of fused-ring (bicyclic) bond motifs is 1. The summed E-state index contributed by atoms with van der Waals surface area (Å²) in [5.74, 6) is -2.23. The van der Waals surface area contributed by atoms with E-state index in [1.165, 1.54) is 18.2 Å². The van der Waals surface area contributed by atoms with E-state index in [0.717, 1.165) is 23.4 Å². The van der Waals surface area contributed by atoms with Crippen molar-refractivity contribution < 1.29 is 19.2 Å². The molecule has 1 atom stereocenters. The SMILES string of the molecule is CCC(C)n1nc(C)c(-c2cc(C(=O)ON3C(=O)c4ccccc4C3=O)[nH]n2)c1C. The zero-order chi connectivity index (χ0) is 21.6. The molecule has 1 aliphatic heterocycles. The average Bonchev–Trinajstić information content (AvgIpc) is 3.40. The Hall–Kier alpha value is -3.75. The number of hydroxylamine groups is 2. The normalized spacial score (nSPS) is 14.2. The lowest BCUT2D eigenvalue weighted by molar-refractivity contribution is -0.0588. The largest absolute Gasteiger partial charge is 0.381 e. The van der Waals surface area contributed by atoms with Gasteiger partial charge in [0.25, 0.3) is 11.8 Å². The molecule has 1 aromatic carbocycles. The number of rotatable bonds is 5. The molecule has 0 spiro atoms. The minimum atomic E-state index is -0.882. The first kappa shape index (κ1) is 19.6. The molecule has 9 heteroatoms. The lowest BCUT2D eigenvalue weighted by Crippen LogP contribution is -2.32. The van der Waals surface area contributed by atoms with Gasteiger partial charge in [0.1, 0.15) is 5.69 Å². The Kier molecular flexibility index (Phi) is 4.73. The zero-order valence-corrected chi connectivity index (χ0v) is 17.1. The number of benzene rings is 1. The highest BCUT2D eigenvalue weighted by Crippen LogP contribution is 2.29. The predicted molar refractivity (Wildman–Crippen MR) is 107 cm³/mol. The quantitative estimate of drug-likeness (QED) is 0.650. The summed E-state index contributed by atoms with van der Waals surface area (Å²) in [6.45, 7) is 8.00. The molecule has 0 radical (unpaired) electrons. The zero-order valence-electron chi connectivity index (χ0n) is 17.1. The number of aromatic amines is 1. The second-order valence-electron chi connectivity index (χ2n) is 7.24. The van der Waals surface area contributed by atoms with Crippen molar-refractivity contribution in [3.05, 3.63) is 58.5 Å². The van der Waals surface area contributed by atoms with Crippen molar-refractivity contribution in [1.29, 1.82) is 0 Å². The van der Waals surface area contributed by atoms with Gasteiger partial charge in [-0.05, 0) is 45.4 Å². The van der Waals surface area contributed by atoms with Gasteiger partial charge in [-0.15, -0.1) is 0 Å². The number of imide groups is 1. The summed E-state index contributed by atoms with van der Waals surface area (Å²) in [5, 5.41) is 11.9. The van der Waals surface area contributed by atoms with Gasteiger partial charge in [-0.25, -0.2) is 4.79 Å². The van der Waals surface area contributed by atoms with Crippen molar-refractivity contribution in [2.75, 3.05) is 0 Å². The Labute approximate surface area is 172 Å². The minimum Gasteiger partial charge on any atom is -0.323 e. The van der Waals surface area contributed by atoms with Crippen molar-refractivity contribution >= 4 is 17.8 Å². The van der Waals surface area contributed by atoms with E-state index in [1.807, 2.05) is 18.5 Å². The molecule has 1 unspecified atom stereocenters. The lowest BCUT2D eigenvalue weighted by atomic mass is 10.1. The highest BCUT2D eigenvalue weighted by molar-refractivity contribution is 6.21. The summed E-state index contributed by atoms with van der Waals surface area (Å²) in [7, 11) is 0. The second kappa shape index (κ2) is 7.25. The van der Waals surface area contributed by atoms with Crippen LogP contribution < -0.4 is 0 Å². The average molecular weight is 407 g/mol. The third-order valence-electron chi connectivity index (χ3n) is 5.32. The molecule has 9 nitrogen and oxygen atoms in total. The molecule has 1 aliphatic rings. The van der Waals surface area contributed by atoms with Gasteiger partial charge in [-0.1, -0.05) is 24.1 Å². The summed E-state index contributed by atoms with van der Waals surface area (Å²) in [6, 6.07) is 8.06. The van der Waals surface area contributed by atoms with E-state index in [9.17, 15) is 14.4 Å². The number of aryl methyl sites for hydroxylation is 1. The topological polar surface area (TPSA) is 110 Å². The first-order chi connectivity index (χ1) is 14.3. The van der Waals surface area contributed by atoms with Gasteiger partial charge in [0, 0.05) is 17.3 Å². The minimum absolute atomic E-state index is 0.0247. The highest BCUT2D eigenvalue weighted by Gasteiger charge is 2.39. The fourth-order valence-electron chi connectivity index (χ4n) is 3.57. The summed E-state index contributed by atoms with van der Waals surface area (Å²) >= 11 is 0. The number of aromatic nitrogens is 4. The molecular formula is C21H21N5O4. The number of nitrogens with one attached hydrogen (secondary N) is 1. The van der Waals surface area contributed by atoms with E-state index in [1.54, 1.807) is 12.1 Å². The van der Waals surface area contributed by atoms with Crippen LogP contribution in [-0.2, 0) is 4.84 Å². The van der Waals surface area contributed by atoms with Gasteiger partial charge >= 0.3 is 5.97 Å². The Morgan fingerprint density at radius 3 is 2.40 bits per heavy atom. The molecule has 3 aromatic rings. The molecule has 0 saturated carbocycles. The van der Waals surface area contributed by atoms with Gasteiger partial charge in [0.15, 0.2) is 0 Å². The van der Waals surface area contributed by atoms with Crippen molar-refractivity contribution in [3.63, 3.8) is 0 Å². The molecule has 4 rings (SSSR count). The van der Waals surface area contributed by atoms with Crippen LogP contribution in [-0.4, -0.2) is 42.8 Å². The molecule has 30 heavy (non-hydrogen) atoms. The van der Waals surface area contributed by atoms with Gasteiger partial charge in [-0.3, -0.25) is 19.4 Å². The maximum atomic E-state index is 12.6. The van der Waals surface area contributed by atoms with Crippen molar-refractivity contribution in [2.45, 2.75) is 40.2 Å². The Balaban J connectivity index is 1.57. The standard InChI is InChI=1S/C21H21N5O4/c1-5-11(2)25-13(4)18(12(3)24-25)16-10-17(23-22-16)21(29)30-26-19(27)14-8-6-7-9-15(14)20(26)28/h6-11H,5H2,1-4H3,(H,22,23). The number of nitrogens with zero attached hydrogens (tertiary/aromatic N) is 4. The lowest BCUT2D eigenvalue weighted by Gasteiger charge is -2.11. The van der Waals surface area contributed by atoms with Crippen LogP contribution in [0.3, 0.4) is 0 Å².